The van der Waals surface area contributed by atoms with Crippen LogP contribution in [0.2, 0.25) is 0 Å². The summed E-state index contributed by atoms with van der Waals surface area (Å²) in [4.78, 5) is 8.56. The van der Waals surface area contributed by atoms with Crippen molar-refractivity contribution in [3.05, 3.63) is 0 Å². The molecule has 2 radical (unpaired) electrons. The normalized spacial score (nSPS) is 2.67. The zero-order valence-electron chi connectivity index (χ0n) is 4.51. The topological polar surface area (TPSA) is 184 Å². The van der Waals surface area contributed by atoms with E-state index >= 15 is 0 Å². The molecule has 0 rings (SSSR count). The first-order chi connectivity index (χ1) is 1.73. The van der Waals surface area contributed by atoms with Crippen molar-refractivity contribution in [1.82, 2.24) is 0 Å². The van der Waals surface area contributed by atoms with Gasteiger partial charge in [0.1, 0.15) is 0 Å². The summed E-state index contributed by atoms with van der Waals surface area (Å²) in [6.07, 6.45) is -1.83. The van der Waals surface area contributed by atoms with E-state index in [1.807, 2.05) is 0 Å². The van der Waals surface area contributed by atoms with E-state index in [2.05, 4.69) is 0 Å². The minimum absolute atomic E-state index is 0. The Labute approximate surface area is 54.4 Å². The van der Waals surface area contributed by atoms with Crippen LogP contribution in [-0.4, -0.2) is 48.4 Å². The molecule has 0 aliphatic rings. The van der Waals surface area contributed by atoms with Crippen LogP contribution in [0.15, 0.2) is 0 Å². The van der Waals surface area contributed by atoms with Crippen molar-refractivity contribution in [2.75, 3.05) is 0 Å². The molecule has 9 heavy (non-hydrogen) atoms. The van der Waals surface area contributed by atoms with E-state index in [4.69, 9.17) is 15.0 Å². The van der Waals surface area contributed by atoms with Crippen LogP contribution < -0.4 is 0 Å². The molecule has 0 amide bonds. The first-order valence-corrected chi connectivity index (χ1v) is 0.651. The fraction of sp³-hybridized carbons (Fsp3) is 0. The maximum absolute atomic E-state index is 8.56. The standard InChI is InChI=1S/CH2O3.Be.4H2O/c2-1(3)4;;;;;/h(H2,2,3,4);;4*1H2. The van der Waals surface area contributed by atoms with E-state index < -0.39 is 6.16 Å². The van der Waals surface area contributed by atoms with Gasteiger partial charge in [0.05, 0.1) is 0 Å². The second-order valence-corrected chi connectivity index (χ2v) is 0.283. The van der Waals surface area contributed by atoms with Gasteiger partial charge in [-0.3, -0.25) is 0 Å². The Bertz CT molecular complexity index is 31.9. The largest absolute Gasteiger partial charge is 0.503 e. The molecular weight excluding hydrogens is 133 g/mol. The van der Waals surface area contributed by atoms with Gasteiger partial charge >= 0.3 is 6.16 Å². The smallest absolute Gasteiger partial charge is 0.450 e. The Hall–Kier alpha value is -0.721. The number of carbonyl (C=O) groups is 1. The summed E-state index contributed by atoms with van der Waals surface area (Å²) in [5.74, 6) is 0. The summed E-state index contributed by atoms with van der Waals surface area (Å²) in [6, 6.07) is 0. The van der Waals surface area contributed by atoms with Gasteiger partial charge in [-0.15, -0.1) is 0 Å². The van der Waals surface area contributed by atoms with Gasteiger partial charge in [0.2, 0.25) is 0 Å². The Balaban J connectivity index is -0.00000000450. The molecule has 10 N–H and O–H groups in total. The fourth-order valence-corrected chi connectivity index (χ4v) is 0. The molecule has 0 fully saturated rings. The van der Waals surface area contributed by atoms with Crippen LogP contribution in [0.1, 0.15) is 0 Å². The average molecular weight is 143 g/mol. The summed E-state index contributed by atoms with van der Waals surface area (Å²) < 4.78 is 0. The molecule has 8 heteroatoms. The SMILES string of the molecule is O.O.O.O.O=C(O)O.[Be]. The third-order valence-corrected chi connectivity index (χ3v) is 0. The minimum atomic E-state index is -1.83. The molecule has 7 nitrogen and oxygen atoms in total. The number of hydrogen-bond acceptors (Lipinski definition) is 1. The third-order valence-electron chi connectivity index (χ3n) is 0. The summed E-state index contributed by atoms with van der Waals surface area (Å²) in [7, 11) is 0. The molecule has 58 valence electrons. The predicted molar refractivity (Wildman–Crippen MR) is 30.9 cm³/mol. The zero-order chi connectivity index (χ0) is 3.58. The van der Waals surface area contributed by atoms with Gasteiger partial charge in [-0.1, -0.05) is 0 Å². The van der Waals surface area contributed by atoms with E-state index in [0.717, 1.165) is 0 Å². The maximum Gasteiger partial charge on any atom is 0.503 e. The first-order valence-electron chi connectivity index (χ1n) is 0.651. The molecule has 0 aromatic carbocycles. The Morgan fingerprint density at radius 3 is 0.889 bits per heavy atom. The van der Waals surface area contributed by atoms with Crippen LogP contribution in [0.5, 0.6) is 0 Å². The Morgan fingerprint density at radius 2 is 0.889 bits per heavy atom. The van der Waals surface area contributed by atoms with Gasteiger partial charge in [-0.2, -0.15) is 0 Å². The molecule has 0 unspecified atom stereocenters. The van der Waals surface area contributed by atoms with Gasteiger partial charge in [0.25, 0.3) is 0 Å². The van der Waals surface area contributed by atoms with Gasteiger partial charge < -0.3 is 32.1 Å². The van der Waals surface area contributed by atoms with Crippen LogP contribution in [0.25, 0.3) is 0 Å². The second-order valence-electron chi connectivity index (χ2n) is 0.283. The first kappa shape index (κ1) is 84.5. The third kappa shape index (κ3) is 390. The molecule has 0 bridgehead atoms. The molecule has 0 aromatic heterocycles. The van der Waals surface area contributed by atoms with Crippen molar-refractivity contribution >= 4 is 16.3 Å². The van der Waals surface area contributed by atoms with Crippen molar-refractivity contribution in [1.29, 1.82) is 0 Å². The van der Waals surface area contributed by atoms with E-state index in [1.165, 1.54) is 0 Å². The molecule has 0 atom stereocenters. The monoisotopic (exact) mass is 143 g/mol. The Kier molecular flexibility index (Phi) is 519. The van der Waals surface area contributed by atoms with Gasteiger partial charge in [0.15, 0.2) is 0 Å². The average Bonchev–Trinajstić information content (AvgIpc) is 0.811. The number of carboxylic acid groups (broad SMARTS) is 2. The summed E-state index contributed by atoms with van der Waals surface area (Å²) >= 11 is 0. The molecule has 0 saturated heterocycles. The quantitative estimate of drug-likeness (QED) is 0.334. The molecule has 0 aliphatic heterocycles. The van der Waals surface area contributed by atoms with Gasteiger partial charge in [-0.25, -0.2) is 4.79 Å². The second kappa shape index (κ2) is 55.3. The predicted octanol–water partition coefficient (Wildman–Crippen LogP) is -3.46. The fourth-order valence-electron chi connectivity index (χ4n) is 0. The molecule has 0 heterocycles. The van der Waals surface area contributed by atoms with E-state index in [0.29, 0.717) is 0 Å². The minimum Gasteiger partial charge on any atom is -0.450 e. The van der Waals surface area contributed by atoms with E-state index in [9.17, 15) is 0 Å². The van der Waals surface area contributed by atoms with Crippen LogP contribution in [-0.2, 0) is 0 Å². The number of rotatable bonds is 0. The molecule has 0 spiro atoms. The summed E-state index contributed by atoms with van der Waals surface area (Å²) in [5, 5.41) is 13.9. The summed E-state index contributed by atoms with van der Waals surface area (Å²) in [5.41, 5.74) is 0. The van der Waals surface area contributed by atoms with Crippen molar-refractivity contribution in [3.63, 3.8) is 0 Å². The molecule has 0 aromatic rings. The van der Waals surface area contributed by atoms with Gasteiger partial charge in [-0.05, 0) is 0 Å². The molecule has 0 aliphatic carbocycles. The van der Waals surface area contributed by atoms with E-state index in [1.54, 1.807) is 0 Å². The van der Waals surface area contributed by atoms with Crippen molar-refractivity contribution in [3.8, 4) is 0 Å². The van der Waals surface area contributed by atoms with Crippen LogP contribution >= 0.6 is 0 Å². The van der Waals surface area contributed by atoms with Crippen molar-refractivity contribution in [2.45, 2.75) is 0 Å². The molecular formula is CH10BeO7. The maximum atomic E-state index is 8.56. The van der Waals surface area contributed by atoms with Gasteiger partial charge in [0, 0.05) is 10.1 Å². The van der Waals surface area contributed by atoms with Crippen LogP contribution in [0.3, 0.4) is 0 Å². The number of hydrogen-bond donors (Lipinski definition) is 2. The van der Waals surface area contributed by atoms with Crippen LogP contribution in [0.4, 0.5) is 4.79 Å². The van der Waals surface area contributed by atoms with Crippen molar-refractivity contribution < 1.29 is 36.9 Å². The summed E-state index contributed by atoms with van der Waals surface area (Å²) in [6.45, 7) is 0. The van der Waals surface area contributed by atoms with Crippen LogP contribution in [0, 0.1) is 0 Å². The molecule has 0 saturated carbocycles. The Morgan fingerprint density at radius 1 is 0.889 bits per heavy atom. The zero-order valence-corrected chi connectivity index (χ0v) is 4.51. The van der Waals surface area contributed by atoms with E-state index in [-0.39, 0.29) is 32.0 Å². The van der Waals surface area contributed by atoms with Crippen molar-refractivity contribution in [2.24, 2.45) is 0 Å².